The van der Waals surface area contributed by atoms with Gasteiger partial charge in [0.2, 0.25) is 5.91 Å². The molecule has 3 N–H and O–H groups in total. The van der Waals surface area contributed by atoms with Crippen LogP contribution in [-0.2, 0) is 19.7 Å². The van der Waals surface area contributed by atoms with Gasteiger partial charge in [-0.3, -0.25) is 9.59 Å². The Morgan fingerprint density at radius 3 is 2.09 bits per heavy atom. The zero-order chi connectivity index (χ0) is 24.4. The molecule has 0 spiro atoms. The first-order valence-electron chi connectivity index (χ1n) is 11.0. The minimum atomic E-state index is -0.573. The average molecular weight is 450 g/mol. The summed E-state index contributed by atoms with van der Waals surface area (Å²) in [5.41, 5.74) is 1.55. The van der Waals surface area contributed by atoms with Gasteiger partial charge in [-0.15, -0.1) is 0 Å². The van der Waals surface area contributed by atoms with Crippen LogP contribution in [0.1, 0.15) is 65.5 Å². The number of nitrogens with one attached hydrogen (secondary N) is 3. The van der Waals surface area contributed by atoms with Gasteiger partial charge in [0, 0.05) is 26.1 Å². The molecular formula is C24H39N3O5. The van der Waals surface area contributed by atoms with Gasteiger partial charge in [0.15, 0.2) is 6.61 Å². The van der Waals surface area contributed by atoms with Crippen molar-refractivity contribution in [1.29, 1.82) is 0 Å². The summed E-state index contributed by atoms with van der Waals surface area (Å²) in [5, 5.41) is 8.08. The highest BCUT2D eigenvalue weighted by Crippen LogP contribution is 2.32. The fourth-order valence-electron chi connectivity index (χ4n) is 2.77. The van der Waals surface area contributed by atoms with Gasteiger partial charge in [-0.2, -0.15) is 0 Å². The molecule has 0 heterocycles. The zero-order valence-electron chi connectivity index (χ0n) is 20.5. The molecule has 3 amide bonds. The van der Waals surface area contributed by atoms with Crippen molar-refractivity contribution in [2.75, 3.05) is 26.2 Å². The maximum Gasteiger partial charge on any atom is 0.407 e. The minimum Gasteiger partial charge on any atom is -0.483 e. The SMILES string of the molecule is Cc1ccc(OCC(=O)NCCCNC(=O)CCNC(=O)OC(C)(C)C)c(C(C)(C)C)c1. The number of rotatable bonds is 10. The van der Waals surface area contributed by atoms with Crippen LogP contribution in [-0.4, -0.2) is 49.7 Å². The van der Waals surface area contributed by atoms with Crippen molar-refractivity contribution >= 4 is 17.9 Å². The number of ether oxygens (including phenoxy) is 2. The third kappa shape index (κ3) is 11.6. The van der Waals surface area contributed by atoms with Gasteiger partial charge in [0.1, 0.15) is 11.4 Å². The number of carbonyl (C=O) groups excluding carboxylic acids is 3. The molecule has 0 saturated carbocycles. The number of alkyl carbamates (subject to hydrolysis) is 1. The van der Waals surface area contributed by atoms with Gasteiger partial charge < -0.3 is 25.4 Å². The van der Waals surface area contributed by atoms with E-state index in [1.165, 1.54) is 0 Å². The minimum absolute atomic E-state index is 0.0607. The number of carbonyl (C=O) groups is 3. The van der Waals surface area contributed by atoms with Gasteiger partial charge in [-0.05, 0) is 51.2 Å². The Hall–Kier alpha value is -2.77. The lowest BCUT2D eigenvalue weighted by Gasteiger charge is -2.23. The van der Waals surface area contributed by atoms with Crippen molar-refractivity contribution in [2.24, 2.45) is 0 Å². The lowest BCUT2D eigenvalue weighted by atomic mass is 9.85. The molecular weight excluding hydrogens is 410 g/mol. The Balaban J connectivity index is 2.21. The second-order valence-corrected chi connectivity index (χ2v) is 9.77. The van der Waals surface area contributed by atoms with E-state index in [0.717, 1.165) is 11.1 Å². The molecule has 180 valence electrons. The van der Waals surface area contributed by atoms with Gasteiger partial charge >= 0.3 is 6.09 Å². The van der Waals surface area contributed by atoms with Crippen LogP contribution in [0.15, 0.2) is 18.2 Å². The summed E-state index contributed by atoms with van der Waals surface area (Å²) in [6.45, 7) is 14.7. The summed E-state index contributed by atoms with van der Waals surface area (Å²) in [6, 6.07) is 5.95. The Labute approximate surface area is 191 Å². The highest BCUT2D eigenvalue weighted by molar-refractivity contribution is 5.78. The van der Waals surface area contributed by atoms with Crippen LogP contribution in [0.2, 0.25) is 0 Å². The molecule has 0 fully saturated rings. The van der Waals surface area contributed by atoms with E-state index in [1.54, 1.807) is 20.8 Å². The van der Waals surface area contributed by atoms with Crippen molar-refractivity contribution in [3.8, 4) is 5.75 Å². The topological polar surface area (TPSA) is 106 Å². The summed E-state index contributed by atoms with van der Waals surface area (Å²) < 4.78 is 10.8. The summed E-state index contributed by atoms with van der Waals surface area (Å²) in [6.07, 6.45) is 0.205. The zero-order valence-corrected chi connectivity index (χ0v) is 20.5. The lowest BCUT2D eigenvalue weighted by Crippen LogP contribution is -2.36. The third-order valence-corrected chi connectivity index (χ3v) is 4.32. The predicted molar refractivity (Wildman–Crippen MR) is 125 cm³/mol. The monoisotopic (exact) mass is 449 g/mol. The first-order valence-corrected chi connectivity index (χ1v) is 11.0. The fraction of sp³-hybridized carbons (Fsp3) is 0.625. The van der Waals surface area contributed by atoms with Gasteiger partial charge in [0.25, 0.3) is 5.91 Å². The molecule has 0 aliphatic carbocycles. The largest absolute Gasteiger partial charge is 0.483 e. The van der Waals surface area contributed by atoms with Gasteiger partial charge in [0.05, 0.1) is 0 Å². The summed E-state index contributed by atoms with van der Waals surface area (Å²) in [5.74, 6) is 0.327. The average Bonchev–Trinajstić information content (AvgIpc) is 2.64. The molecule has 8 heteroatoms. The molecule has 8 nitrogen and oxygen atoms in total. The molecule has 0 bridgehead atoms. The van der Waals surface area contributed by atoms with Crippen LogP contribution < -0.4 is 20.7 Å². The molecule has 0 aliphatic rings. The van der Waals surface area contributed by atoms with Gasteiger partial charge in [-0.1, -0.05) is 38.5 Å². The number of aryl methyl sites for hydroxylation is 1. The van der Waals surface area contributed by atoms with E-state index in [4.69, 9.17) is 9.47 Å². The first-order chi connectivity index (χ1) is 14.8. The highest BCUT2D eigenvalue weighted by Gasteiger charge is 2.20. The molecule has 1 aromatic rings. The maximum atomic E-state index is 12.1. The Morgan fingerprint density at radius 2 is 1.50 bits per heavy atom. The standard InChI is InChI=1S/C24H39N3O5/c1-17-9-10-19(18(15-17)23(2,3)4)31-16-21(29)26-13-8-12-25-20(28)11-14-27-22(30)32-24(5,6)7/h9-10,15H,8,11-14,16H2,1-7H3,(H,25,28)(H,26,29)(H,27,30). The molecule has 0 aliphatic heterocycles. The van der Waals surface area contributed by atoms with Crippen LogP contribution in [0.3, 0.4) is 0 Å². The summed E-state index contributed by atoms with van der Waals surface area (Å²) in [7, 11) is 0. The second-order valence-electron chi connectivity index (χ2n) is 9.77. The molecule has 0 unspecified atom stereocenters. The quantitative estimate of drug-likeness (QED) is 0.476. The second kappa shape index (κ2) is 12.3. The molecule has 0 radical (unpaired) electrons. The van der Waals surface area contributed by atoms with E-state index in [-0.39, 0.29) is 36.8 Å². The Kier molecular flexibility index (Phi) is 10.5. The van der Waals surface area contributed by atoms with E-state index in [9.17, 15) is 14.4 Å². The number of amides is 3. The van der Waals surface area contributed by atoms with E-state index in [0.29, 0.717) is 25.3 Å². The van der Waals surface area contributed by atoms with Crippen molar-refractivity contribution in [2.45, 2.75) is 72.3 Å². The van der Waals surface area contributed by atoms with Gasteiger partial charge in [-0.25, -0.2) is 4.79 Å². The highest BCUT2D eigenvalue weighted by atomic mass is 16.6. The maximum absolute atomic E-state index is 12.1. The van der Waals surface area contributed by atoms with Crippen LogP contribution in [0, 0.1) is 6.92 Å². The smallest absolute Gasteiger partial charge is 0.407 e. The third-order valence-electron chi connectivity index (χ3n) is 4.32. The molecule has 1 aromatic carbocycles. The van der Waals surface area contributed by atoms with E-state index in [1.807, 2.05) is 19.1 Å². The van der Waals surface area contributed by atoms with Crippen molar-refractivity contribution in [3.05, 3.63) is 29.3 Å². The van der Waals surface area contributed by atoms with Crippen molar-refractivity contribution < 1.29 is 23.9 Å². The number of hydrogen-bond acceptors (Lipinski definition) is 5. The van der Waals surface area contributed by atoms with E-state index >= 15 is 0 Å². The van der Waals surface area contributed by atoms with Crippen molar-refractivity contribution in [1.82, 2.24) is 16.0 Å². The van der Waals surface area contributed by atoms with Crippen LogP contribution in [0.4, 0.5) is 4.79 Å². The molecule has 0 saturated heterocycles. The predicted octanol–water partition coefficient (Wildman–Crippen LogP) is 3.21. The van der Waals surface area contributed by atoms with Crippen LogP contribution >= 0.6 is 0 Å². The molecule has 32 heavy (non-hydrogen) atoms. The normalized spacial score (nSPS) is 11.5. The summed E-state index contributed by atoms with van der Waals surface area (Å²) >= 11 is 0. The molecule has 0 aromatic heterocycles. The van der Waals surface area contributed by atoms with Crippen LogP contribution in [0.25, 0.3) is 0 Å². The van der Waals surface area contributed by atoms with E-state index in [2.05, 4.69) is 42.8 Å². The van der Waals surface area contributed by atoms with E-state index < -0.39 is 11.7 Å². The van der Waals surface area contributed by atoms with Crippen molar-refractivity contribution in [3.63, 3.8) is 0 Å². The lowest BCUT2D eigenvalue weighted by molar-refractivity contribution is -0.123. The number of hydrogen-bond donors (Lipinski definition) is 3. The number of benzene rings is 1. The Morgan fingerprint density at radius 1 is 0.875 bits per heavy atom. The van der Waals surface area contributed by atoms with Crippen LogP contribution in [0.5, 0.6) is 5.75 Å². The summed E-state index contributed by atoms with van der Waals surface area (Å²) in [4.78, 5) is 35.4. The Bertz CT molecular complexity index is 779. The molecule has 1 rings (SSSR count). The first kappa shape index (κ1) is 27.3. The fourth-order valence-corrected chi connectivity index (χ4v) is 2.77. The molecule has 0 atom stereocenters.